The molecule has 0 aliphatic rings. The van der Waals surface area contributed by atoms with Crippen molar-refractivity contribution in [1.82, 2.24) is 10.3 Å². The third-order valence-electron chi connectivity index (χ3n) is 2.09. The van der Waals surface area contributed by atoms with E-state index in [1.807, 2.05) is 0 Å². The Kier molecular flexibility index (Phi) is 2.74. The average Bonchev–Trinajstić information content (AvgIpc) is 2.56. The van der Waals surface area contributed by atoms with E-state index in [0.717, 1.165) is 5.56 Å². The molecule has 0 atom stereocenters. The van der Waals surface area contributed by atoms with E-state index in [2.05, 4.69) is 10.3 Å². The summed E-state index contributed by atoms with van der Waals surface area (Å²) in [6, 6.07) is 5.21. The molecule has 0 amide bonds. The number of oxazole rings is 1. The highest BCUT2D eigenvalue weighted by atomic mass is 16.4. The van der Waals surface area contributed by atoms with Crippen LogP contribution in [0.25, 0.3) is 11.1 Å². The van der Waals surface area contributed by atoms with Gasteiger partial charge in [0.05, 0.1) is 12.1 Å². The molecule has 3 N–H and O–H groups in total. The van der Waals surface area contributed by atoms with E-state index >= 15 is 0 Å². The van der Waals surface area contributed by atoms with E-state index in [9.17, 15) is 9.59 Å². The monoisotopic (exact) mass is 222 g/mol. The summed E-state index contributed by atoms with van der Waals surface area (Å²) in [6.07, 6.45) is 0. The normalized spacial score (nSPS) is 10.8. The maximum absolute atomic E-state index is 10.9. The zero-order chi connectivity index (χ0) is 11.5. The SMILES string of the molecule is O=C(O)CNCc1ccc2[nH]c(=O)oc2c1. The van der Waals surface area contributed by atoms with Crippen molar-refractivity contribution in [3.63, 3.8) is 0 Å². The Hall–Kier alpha value is -2.08. The highest BCUT2D eigenvalue weighted by molar-refractivity contribution is 5.72. The first-order valence-corrected chi connectivity index (χ1v) is 4.69. The Morgan fingerprint density at radius 3 is 3.06 bits per heavy atom. The molecule has 0 fully saturated rings. The highest BCUT2D eigenvalue weighted by Crippen LogP contribution is 2.11. The van der Waals surface area contributed by atoms with Gasteiger partial charge in [0.25, 0.3) is 0 Å². The number of nitrogens with one attached hydrogen (secondary N) is 2. The first-order valence-electron chi connectivity index (χ1n) is 4.69. The molecular weight excluding hydrogens is 212 g/mol. The summed E-state index contributed by atoms with van der Waals surface area (Å²) >= 11 is 0. The van der Waals surface area contributed by atoms with Crippen LogP contribution in [-0.2, 0) is 11.3 Å². The molecule has 2 rings (SSSR count). The summed E-state index contributed by atoms with van der Waals surface area (Å²) in [5, 5.41) is 11.2. The molecule has 0 aliphatic heterocycles. The van der Waals surface area contributed by atoms with Gasteiger partial charge in [-0.2, -0.15) is 0 Å². The van der Waals surface area contributed by atoms with Gasteiger partial charge in [0.2, 0.25) is 0 Å². The van der Waals surface area contributed by atoms with Crippen molar-refractivity contribution in [2.75, 3.05) is 6.54 Å². The molecule has 1 aromatic heterocycles. The van der Waals surface area contributed by atoms with E-state index < -0.39 is 11.7 Å². The topological polar surface area (TPSA) is 95.3 Å². The zero-order valence-electron chi connectivity index (χ0n) is 8.32. The fraction of sp³-hybridized carbons (Fsp3) is 0.200. The van der Waals surface area contributed by atoms with Crippen LogP contribution in [0.1, 0.15) is 5.56 Å². The summed E-state index contributed by atoms with van der Waals surface area (Å²) in [7, 11) is 0. The van der Waals surface area contributed by atoms with E-state index in [4.69, 9.17) is 9.52 Å². The maximum atomic E-state index is 10.9. The predicted octanol–water partition coefficient (Wildman–Crippen LogP) is 0.295. The number of carboxylic acids is 1. The largest absolute Gasteiger partial charge is 0.480 e. The van der Waals surface area contributed by atoms with Crippen LogP contribution in [0.3, 0.4) is 0 Å². The summed E-state index contributed by atoms with van der Waals surface area (Å²) in [5.41, 5.74) is 1.96. The Morgan fingerprint density at radius 1 is 1.50 bits per heavy atom. The molecule has 6 nitrogen and oxygen atoms in total. The molecule has 6 heteroatoms. The van der Waals surface area contributed by atoms with Crippen LogP contribution >= 0.6 is 0 Å². The number of hydrogen-bond acceptors (Lipinski definition) is 4. The van der Waals surface area contributed by atoms with Crippen molar-refractivity contribution in [2.24, 2.45) is 0 Å². The molecular formula is C10H10N2O4. The van der Waals surface area contributed by atoms with Crippen molar-refractivity contribution >= 4 is 17.1 Å². The van der Waals surface area contributed by atoms with Gasteiger partial charge in [0, 0.05) is 6.54 Å². The van der Waals surface area contributed by atoms with Gasteiger partial charge in [-0.3, -0.25) is 9.78 Å². The van der Waals surface area contributed by atoms with Crippen LogP contribution in [0.15, 0.2) is 27.4 Å². The number of aromatic amines is 1. The summed E-state index contributed by atoms with van der Waals surface area (Å²) < 4.78 is 4.88. The van der Waals surface area contributed by atoms with Crippen molar-refractivity contribution in [3.8, 4) is 0 Å². The van der Waals surface area contributed by atoms with E-state index in [0.29, 0.717) is 17.6 Å². The number of H-pyrrole nitrogens is 1. The zero-order valence-corrected chi connectivity index (χ0v) is 8.32. The van der Waals surface area contributed by atoms with Crippen molar-refractivity contribution in [2.45, 2.75) is 6.54 Å². The second kappa shape index (κ2) is 4.19. The summed E-state index contributed by atoms with van der Waals surface area (Å²) in [4.78, 5) is 23.7. The lowest BCUT2D eigenvalue weighted by Gasteiger charge is -2.01. The van der Waals surface area contributed by atoms with Crippen molar-refractivity contribution in [1.29, 1.82) is 0 Å². The maximum Gasteiger partial charge on any atom is 0.417 e. The fourth-order valence-electron chi connectivity index (χ4n) is 1.41. The predicted molar refractivity (Wildman–Crippen MR) is 56.2 cm³/mol. The number of fused-ring (bicyclic) bond motifs is 1. The lowest BCUT2D eigenvalue weighted by Crippen LogP contribution is -2.21. The molecule has 0 bridgehead atoms. The standard InChI is InChI=1S/C10H10N2O4/c13-9(14)5-11-4-6-1-2-7-8(3-6)16-10(15)12-7/h1-3,11H,4-5H2,(H,12,15)(H,13,14). The number of hydrogen-bond donors (Lipinski definition) is 3. The number of aliphatic carboxylic acids is 1. The minimum atomic E-state index is -0.908. The smallest absolute Gasteiger partial charge is 0.417 e. The molecule has 2 aromatic rings. The van der Waals surface area contributed by atoms with Gasteiger partial charge >= 0.3 is 11.7 Å². The Morgan fingerprint density at radius 2 is 2.31 bits per heavy atom. The highest BCUT2D eigenvalue weighted by Gasteiger charge is 2.02. The number of aromatic nitrogens is 1. The van der Waals surface area contributed by atoms with Crippen molar-refractivity contribution in [3.05, 3.63) is 34.3 Å². The van der Waals surface area contributed by atoms with E-state index in [-0.39, 0.29) is 6.54 Å². The Balaban J connectivity index is 2.13. The van der Waals surface area contributed by atoms with Gasteiger partial charge in [0.15, 0.2) is 5.58 Å². The van der Waals surface area contributed by atoms with Gasteiger partial charge in [-0.1, -0.05) is 6.07 Å². The quantitative estimate of drug-likeness (QED) is 0.691. The van der Waals surface area contributed by atoms with Crippen LogP contribution in [-0.4, -0.2) is 22.6 Å². The van der Waals surface area contributed by atoms with Crippen LogP contribution in [0.5, 0.6) is 0 Å². The lowest BCUT2D eigenvalue weighted by atomic mass is 10.2. The van der Waals surface area contributed by atoms with Crippen LogP contribution in [0.4, 0.5) is 0 Å². The van der Waals surface area contributed by atoms with Gasteiger partial charge in [-0.25, -0.2) is 4.79 Å². The number of rotatable bonds is 4. The molecule has 0 spiro atoms. The minimum Gasteiger partial charge on any atom is -0.480 e. The third-order valence-corrected chi connectivity index (χ3v) is 2.09. The number of carboxylic acid groups (broad SMARTS) is 1. The van der Waals surface area contributed by atoms with Gasteiger partial charge < -0.3 is 14.8 Å². The second-order valence-corrected chi connectivity index (χ2v) is 3.34. The van der Waals surface area contributed by atoms with Gasteiger partial charge in [-0.05, 0) is 17.7 Å². The second-order valence-electron chi connectivity index (χ2n) is 3.34. The number of carbonyl (C=O) groups is 1. The fourth-order valence-corrected chi connectivity index (χ4v) is 1.41. The summed E-state index contributed by atoms with van der Waals surface area (Å²) in [6.45, 7) is 0.312. The van der Waals surface area contributed by atoms with Gasteiger partial charge in [-0.15, -0.1) is 0 Å². The lowest BCUT2D eigenvalue weighted by molar-refractivity contribution is -0.135. The minimum absolute atomic E-state index is 0.102. The summed E-state index contributed by atoms with van der Waals surface area (Å²) in [5.74, 6) is -1.40. The molecule has 0 saturated carbocycles. The third kappa shape index (κ3) is 2.29. The van der Waals surface area contributed by atoms with Crippen LogP contribution < -0.4 is 11.1 Å². The first-order chi connectivity index (χ1) is 7.65. The Bertz CT molecular complexity index is 569. The first kappa shape index (κ1) is 10.4. The van der Waals surface area contributed by atoms with E-state index in [1.165, 1.54) is 0 Å². The molecule has 0 saturated heterocycles. The molecule has 0 unspecified atom stereocenters. The van der Waals surface area contributed by atoms with E-state index in [1.54, 1.807) is 18.2 Å². The molecule has 1 heterocycles. The Labute approximate surface area is 89.9 Å². The molecule has 1 aromatic carbocycles. The van der Waals surface area contributed by atoms with Crippen LogP contribution in [0, 0.1) is 0 Å². The molecule has 16 heavy (non-hydrogen) atoms. The van der Waals surface area contributed by atoms with Crippen molar-refractivity contribution < 1.29 is 14.3 Å². The molecule has 0 aliphatic carbocycles. The molecule has 84 valence electrons. The molecule has 0 radical (unpaired) electrons. The average molecular weight is 222 g/mol. The number of benzene rings is 1. The van der Waals surface area contributed by atoms with Gasteiger partial charge in [0.1, 0.15) is 0 Å². The van der Waals surface area contributed by atoms with Crippen LogP contribution in [0.2, 0.25) is 0 Å².